The summed E-state index contributed by atoms with van der Waals surface area (Å²) >= 11 is 0. The van der Waals surface area contributed by atoms with E-state index in [9.17, 15) is 10.1 Å². The number of nitro benzene ring substituents is 1. The van der Waals surface area contributed by atoms with Crippen molar-refractivity contribution in [2.24, 2.45) is 0 Å². The van der Waals surface area contributed by atoms with Crippen molar-refractivity contribution in [1.82, 2.24) is 0 Å². The molecule has 21 heavy (non-hydrogen) atoms. The molecule has 0 amide bonds. The summed E-state index contributed by atoms with van der Waals surface area (Å²) < 4.78 is 10.7. The Morgan fingerprint density at radius 3 is 2.67 bits per heavy atom. The van der Waals surface area contributed by atoms with Gasteiger partial charge in [0.25, 0.3) is 5.69 Å². The number of rotatable bonds is 6. The van der Waals surface area contributed by atoms with Gasteiger partial charge in [-0.3, -0.25) is 10.1 Å². The van der Waals surface area contributed by atoms with Crippen LogP contribution in [-0.2, 0) is 18.0 Å². The van der Waals surface area contributed by atoms with Gasteiger partial charge in [-0.15, -0.1) is 0 Å². The van der Waals surface area contributed by atoms with E-state index in [0.717, 1.165) is 5.56 Å². The second-order valence-corrected chi connectivity index (χ2v) is 4.48. The van der Waals surface area contributed by atoms with E-state index in [2.05, 4.69) is 0 Å². The van der Waals surface area contributed by atoms with Crippen LogP contribution < -0.4 is 10.5 Å². The van der Waals surface area contributed by atoms with E-state index >= 15 is 0 Å². The second-order valence-electron chi connectivity index (χ2n) is 4.48. The molecule has 0 bridgehead atoms. The van der Waals surface area contributed by atoms with Gasteiger partial charge < -0.3 is 15.2 Å². The highest BCUT2D eigenvalue weighted by Gasteiger charge is 2.14. The van der Waals surface area contributed by atoms with Crippen LogP contribution in [-0.4, -0.2) is 12.0 Å². The van der Waals surface area contributed by atoms with Gasteiger partial charge in [-0.25, -0.2) is 0 Å². The lowest BCUT2D eigenvalue weighted by Crippen LogP contribution is -2.03. The van der Waals surface area contributed by atoms with E-state index in [4.69, 9.17) is 15.2 Å². The lowest BCUT2D eigenvalue weighted by molar-refractivity contribution is -0.384. The molecule has 6 heteroatoms. The molecular weight excluding hydrogens is 272 g/mol. The number of nitrogen functional groups attached to an aromatic ring is 1. The van der Waals surface area contributed by atoms with E-state index < -0.39 is 4.92 Å². The third-order valence-corrected chi connectivity index (χ3v) is 2.97. The van der Waals surface area contributed by atoms with Gasteiger partial charge in [0.05, 0.1) is 11.5 Å². The summed E-state index contributed by atoms with van der Waals surface area (Å²) in [6, 6.07) is 12.1. The Balaban J connectivity index is 2.11. The Kier molecular flexibility index (Phi) is 4.73. The molecule has 0 spiro atoms. The summed E-state index contributed by atoms with van der Waals surface area (Å²) in [5.41, 5.74) is 7.38. The zero-order chi connectivity index (χ0) is 15.2. The summed E-state index contributed by atoms with van der Waals surface area (Å²) in [5.74, 6) is 0.662. The molecule has 2 rings (SSSR count). The number of benzene rings is 2. The van der Waals surface area contributed by atoms with Crippen LogP contribution in [0.4, 0.5) is 11.4 Å². The van der Waals surface area contributed by atoms with Gasteiger partial charge in [-0.05, 0) is 17.7 Å². The molecule has 0 heterocycles. The van der Waals surface area contributed by atoms with Crippen molar-refractivity contribution >= 4 is 11.4 Å². The van der Waals surface area contributed by atoms with Gasteiger partial charge in [0, 0.05) is 18.7 Å². The fourth-order valence-corrected chi connectivity index (χ4v) is 1.94. The van der Waals surface area contributed by atoms with Gasteiger partial charge in [0.15, 0.2) is 0 Å². The molecule has 110 valence electrons. The second kappa shape index (κ2) is 6.71. The predicted octanol–water partition coefficient (Wildman–Crippen LogP) is 2.90. The van der Waals surface area contributed by atoms with Crippen LogP contribution in [0.5, 0.6) is 5.75 Å². The lowest BCUT2D eigenvalue weighted by atomic mass is 10.1. The molecule has 2 aromatic carbocycles. The Bertz CT molecular complexity index is 643. The number of nitrogens with zero attached hydrogens (tertiary/aromatic N) is 1. The molecule has 2 N–H and O–H groups in total. The Morgan fingerprint density at radius 1 is 1.19 bits per heavy atom. The smallest absolute Gasteiger partial charge is 0.292 e. The Morgan fingerprint density at radius 2 is 1.95 bits per heavy atom. The zero-order valence-electron chi connectivity index (χ0n) is 11.6. The highest BCUT2D eigenvalue weighted by molar-refractivity contribution is 5.62. The van der Waals surface area contributed by atoms with E-state index in [-0.39, 0.29) is 18.0 Å². The molecule has 0 aliphatic rings. The maximum absolute atomic E-state index is 10.8. The quantitative estimate of drug-likeness (QED) is 0.501. The largest absolute Gasteiger partial charge is 0.489 e. The molecular formula is C15H16N2O4. The zero-order valence-corrected chi connectivity index (χ0v) is 11.6. The molecule has 0 radical (unpaired) electrons. The Labute approximate surface area is 122 Å². The molecule has 0 aromatic heterocycles. The van der Waals surface area contributed by atoms with Crippen LogP contribution in [0.15, 0.2) is 42.5 Å². The van der Waals surface area contributed by atoms with Crippen LogP contribution >= 0.6 is 0 Å². The van der Waals surface area contributed by atoms with Crippen molar-refractivity contribution in [3.8, 4) is 5.75 Å². The molecule has 0 saturated carbocycles. The van der Waals surface area contributed by atoms with Crippen LogP contribution in [0, 0.1) is 10.1 Å². The first-order chi connectivity index (χ1) is 10.1. The summed E-state index contributed by atoms with van der Waals surface area (Å²) in [5, 5.41) is 10.8. The SMILES string of the molecule is COCc1cccc(OCc2cccc([N+](=O)[O-])c2N)c1. The maximum atomic E-state index is 10.8. The lowest BCUT2D eigenvalue weighted by Gasteiger charge is -2.10. The standard InChI is InChI=1S/C15H16N2O4/c1-20-9-11-4-2-6-13(8-11)21-10-12-5-3-7-14(15(12)16)17(18)19/h2-8H,9-10,16H2,1H3. The average Bonchev–Trinajstić information content (AvgIpc) is 2.46. The molecule has 0 aliphatic heterocycles. The minimum absolute atomic E-state index is 0.107. The van der Waals surface area contributed by atoms with Crippen molar-refractivity contribution < 1.29 is 14.4 Å². The van der Waals surface area contributed by atoms with Crippen molar-refractivity contribution in [3.05, 3.63) is 63.7 Å². The first kappa shape index (κ1) is 14.8. The van der Waals surface area contributed by atoms with Crippen molar-refractivity contribution in [2.45, 2.75) is 13.2 Å². The number of anilines is 1. The number of hydrogen-bond donors (Lipinski definition) is 1. The normalized spacial score (nSPS) is 10.3. The van der Waals surface area contributed by atoms with Gasteiger partial charge in [0.1, 0.15) is 18.0 Å². The minimum Gasteiger partial charge on any atom is -0.489 e. The van der Waals surface area contributed by atoms with Gasteiger partial charge in [0.2, 0.25) is 0 Å². The topological polar surface area (TPSA) is 87.6 Å². The monoisotopic (exact) mass is 288 g/mol. The fraction of sp³-hybridized carbons (Fsp3) is 0.200. The van der Waals surface area contributed by atoms with Gasteiger partial charge in [-0.1, -0.05) is 24.3 Å². The van der Waals surface area contributed by atoms with E-state index in [1.54, 1.807) is 19.2 Å². The predicted molar refractivity (Wildman–Crippen MR) is 79.0 cm³/mol. The summed E-state index contributed by atoms with van der Waals surface area (Å²) in [6.07, 6.45) is 0. The van der Waals surface area contributed by atoms with Crippen molar-refractivity contribution in [1.29, 1.82) is 0 Å². The van der Waals surface area contributed by atoms with Gasteiger partial charge >= 0.3 is 0 Å². The molecule has 0 unspecified atom stereocenters. The van der Waals surface area contributed by atoms with E-state index in [1.807, 2.05) is 24.3 Å². The highest BCUT2D eigenvalue weighted by atomic mass is 16.6. The molecule has 6 nitrogen and oxygen atoms in total. The summed E-state index contributed by atoms with van der Waals surface area (Å²) in [7, 11) is 1.62. The van der Waals surface area contributed by atoms with Crippen LogP contribution in [0.1, 0.15) is 11.1 Å². The molecule has 0 fully saturated rings. The minimum atomic E-state index is -0.502. The third kappa shape index (κ3) is 3.70. The van der Waals surface area contributed by atoms with Crippen LogP contribution in [0.3, 0.4) is 0 Å². The van der Waals surface area contributed by atoms with Crippen LogP contribution in [0.2, 0.25) is 0 Å². The summed E-state index contributed by atoms with van der Waals surface area (Å²) in [6.45, 7) is 0.667. The number of methoxy groups -OCH3 is 1. The highest BCUT2D eigenvalue weighted by Crippen LogP contribution is 2.26. The van der Waals surface area contributed by atoms with Crippen molar-refractivity contribution in [3.63, 3.8) is 0 Å². The van der Waals surface area contributed by atoms with E-state index in [0.29, 0.717) is 17.9 Å². The first-order valence-corrected chi connectivity index (χ1v) is 6.34. The molecule has 0 saturated heterocycles. The molecule has 0 atom stereocenters. The summed E-state index contributed by atoms with van der Waals surface area (Å²) in [4.78, 5) is 10.3. The average molecular weight is 288 g/mol. The van der Waals surface area contributed by atoms with Gasteiger partial charge in [-0.2, -0.15) is 0 Å². The number of hydrogen-bond acceptors (Lipinski definition) is 5. The number of para-hydroxylation sites is 1. The number of nitro groups is 1. The first-order valence-electron chi connectivity index (χ1n) is 6.34. The number of nitrogens with two attached hydrogens (primary N) is 1. The van der Waals surface area contributed by atoms with E-state index in [1.165, 1.54) is 6.07 Å². The Hall–Kier alpha value is -2.60. The van der Waals surface area contributed by atoms with Crippen LogP contribution in [0.25, 0.3) is 0 Å². The molecule has 2 aromatic rings. The fourth-order valence-electron chi connectivity index (χ4n) is 1.94. The maximum Gasteiger partial charge on any atom is 0.292 e. The third-order valence-electron chi connectivity index (χ3n) is 2.97. The molecule has 0 aliphatic carbocycles. The number of ether oxygens (including phenoxy) is 2. The van der Waals surface area contributed by atoms with Crippen molar-refractivity contribution in [2.75, 3.05) is 12.8 Å².